The molecule has 0 saturated carbocycles. The Balaban J connectivity index is 2.01. The van der Waals surface area contributed by atoms with Crippen molar-refractivity contribution in [2.24, 2.45) is 0 Å². The summed E-state index contributed by atoms with van der Waals surface area (Å²) >= 11 is 1.64. The summed E-state index contributed by atoms with van der Waals surface area (Å²) in [5.74, 6) is 0. The number of pyridine rings is 1. The average Bonchev–Trinajstić information content (AvgIpc) is 2.95. The highest BCUT2D eigenvalue weighted by Gasteiger charge is 2.07. The standard InChI is InChI=1S/C15H9N3S/c1-2-10-8-11(3-4-13(10)16-6-1)14-12-5-7-19-15(12)18-9-17-14/h1-9H. The monoisotopic (exact) mass is 263 g/mol. The highest BCUT2D eigenvalue weighted by atomic mass is 32.1. The van der Waals surface area contributed by atoms with Gasteiger partial charge in [0.25, 0.3) is 0 Å². The van der Waals surface area contributed by atoms with E-state index in [1.807, 2.05) is 23.7 Å². The Hall–Kier alpha value is -2.33. The number of nitrogens with zero attached hydrogens (tertiary/aromatic N) is 3. The molecule has 0 bridgehead atoms. The summed E-state index contributed by atoms with van der Waals surface area (Å²) in [4.78, 5) is 14.1. The molecule has 3 heterocycles. The van der Waals surface area contributed by atoms with Crippen molar-refractivity contribution in [1.82, 2.24) is 15.0 Å². The van der Waals surface area contributed by atoms with Crippen LogP contribution in [0.25, 0.3) is 32.4 Å². The van der Waals surface area contributed by atoms with Crippen molar-refractivity contribution in [2.45, 2.75) is 0 Å². The van der Waals surface area contributed by atoms with Gasteiger partial charge in [-0.15, -0.1) is 11.3 Å². The predicted octanol–water partition coefficient (Wildman–Crippen LogP) is 3.91. The highest BCUT2D eigenvalue weighted by Crippen LogP contribution is 2.29. The molecule has 19 heavy (non-hydrogen) atoms. The number of aromatic nitrogens is 3. The Morgan fingerprint density at radius 3 is 2.95 bits per heavy atom. The lowest BCUT2D eigenvalue weighted by molar-refractivity contribution is 1.24. The van der Waals surface area contributed by atoms with Crippen LogP contribution >= 0.6 is 11.3 Å². The van der Waals surface area contributed by atoms with Gasteiger partial charge in [0.05, 0.1) is 11.2 Å². The molecule has 0 aliphatic rings. The summed E-state index contributed by atoms with van der Waals surface area (Å²) in [7, 11) is 0. The van der Waals surface area contributed by atoms with E-state index >= 15 is 0 Å². The summed E-state index contributed by atoms with van der Waals surface area (Å²) in [5.41, 5.74) is 3.09. The molecule has 3 aromatic heterocycles. The lowest BCUT2D eigenvalue weighted by Crippen LogP contribution is -1.86. The molecule has 0 amide bonds. The molecule has 1 aromatic carbocycles. The van der Waals surface area contributed by atoms with E-state index in [1.54, 1.807) is 17.7 Å². The topological polar surface area (TPSA) is 38.7 Å². The molecule has 0 aliphatic carbocycles. The van der Waals surface area contributed by atoms with Gasteiger partial charge in [0.1, 0.15) is 11.2 Å². The molecule has 0 aliphatic heterocycles. The fraction of sp³-hybridized carbons (Fsp3) is 0. The fourth-order valence-corrected chi connectivity index (χ4v) is 2.98. The molecule has 0 N–H and O–H groups in total. The van der Waals surface area contributed by atoms with Crippen LogP contribution in [0, 0.1) is 0 Å². The molecule has 0 spiro atoms. The van der Waals surface area contributed by atoms with E-state index < -0.39 is 0 Å². The number of hydrogen-bond acceptors (Lipinski definition) is 4. The van der Waals surface area contributed by atoms with Crippen LogP contribution in [-0.4, -0.2) is 15.0 Å². The molecule has 90 valence electrons. The van der Waals surface area contributed by atoms with Gasteiger partial charge in [-0.1, -0.05) is 12.1 Å². The molecular weight excluding hydrogens is 254 g/mol. The normalized spacial score (nSPS) is 11.2. The van der Waals surface area contributed by atoms with Crippen LogP contribution in [0.15, 0.2) is 54.3 Å². The van der Waals surface area contributed by atoms with Gasteiger partial charge in [0.15, 0.2) is 0 Å². The number of rotatable bonds is 1. The van der Waals surface area contributed by atoms with Gasteiger partial charge >= 0.3 is 0 Å². The number of benzene rings is 1. The van der Waals surface area contributed by atoms with Crippen molar-refractivity contribution >= 4 is 32.5 Å². The molecule has 4 aromatic rings. The molecular formula is C15H9N3S. The van der Waals surface area contributed by atoms with E-state index in [1.165, 1.54) is 0 Å². The van der Waals surface area contributed by atoms with E-state index in [0.29, 0.717) is 0 Å². The molecule has 3 nitrogen and oxygen atoms in total. The largest absolute Gasteiger partial charge is 0.256 e. The third kappa shape index (κ3) is 1.69. The minimum atomic E-state index is 0.983. The average molecular weight is 263 g/mol. The van der Waals surface area contributed by atoms with Crippen LogP contribution in [-0.2, 0) is 0 Å². The van der Waals surface area contributed by atoms with Gasteiger partial charge in [0.2, 0.25) is 0 Å². The third-order valence-electron chi connectivity index (χ3n) is 3.14. The minimum absolute atomic E-state index is 0.983. The van der Waals surface area contributed by atoms with Crippen LogP contribution in [0.1, 0.15) is 0 Å². The predicted molar refractivity (Wildman–Crippen MR) is 78.2 cm³/mol. The molecule has 0 unspecified atom stereocenters. The van der Waals surface area contributed by atoms with Gasteiger partial charge in [-0.2, -0.15) is 0 Å². The fourth-order valence-electron chi connectivity index (χ4n) is 2.24. The Labute approximate surface area is 113 Å². The Morgan fingerprint density at radius 1 is 0.947 bits per heavy atom. The van der Waals surface area contributed by atoms with Gasteiger partial charge < -0.3 is 0 Å². The third-order valence-corrected chi connectivity index (χ3v) is 3.96. The molecule has 0 saturated heterocycles. The van der Waals surface area contributed by atoms with Crippen LogP contribution in [0.5, 0.6) is 0 Å². The van der Waals surface area contributed by atoms with E-state index in [-0.39, 0.29) is 0 Å². The van der Waals surface area contributed by atoms with Crippen LogP contribution < -0.4 is 0 Å². The van der Waals surface area contributed by atoms with Crippen LogP contribution in [0.2, 0.25) is 0 Å². The van der Waals surface area contributed by atoms with Gasteiger partial charge in [-0.25, -0.2) is 9.97 Å². The lowest BCUT2D eigenvalue weighted by Gasteiger charge is -2.03. The molecule has 0 atom stereocenters. The van der Waals surface area contributed by atoms with Gasteiger partial charge in [-0.05, 0) is 29.6 Å². The molecule has 0 fully saturated rings. The van der Waals surface area contributed by atoms with Crippen molar-refractivity contribution < 1.29 is 0 Å². The number of fused-ring (bicyclic) bond motifs is 2. The summed E-state index contributed by atoms with van der Waals surface area (Å²) in [6, 6.07) is 12.3. The van der Waals surface area contributed by atoms with Crippen molar-refractivity contribution in [2.75, 3.05) is 0 Å². The first-order valence-electron chi connectivity index (χ1n) is 5.95. The Morgan fingerprint density at radius 2 is 1.95 bits per heavy atom. The number of hydrogen-bond donors (Lipinski definition) is 0. The van der Waals surface area contributed by atoms with E-state index in [4.69, 9.17) is 0 Å². The number of thiophene rings is 1. The first-order valence-corrected chi connectivity index (χ1v) is 6.83. The molecule has 0 radical (unpaired) electrons. The first kappa shape index (κ1) is 10.6. The first-order chi connectivity index (χ1) is 9.42. The Bertz CT molecular complexity index is 882. The van der Waals surface area contributed by atoms with Crippen molar-refractivity contribution in [1.29, 1.82) is 0 Å². The van der Waals surface area contributed by atoms with Crippen molar-refractivity contribution in [3.05, 3.63) is 54.3 Å². The summed E-state index contributed by atoms with van der Waals surface area (Å²) in [6.45, 7) is 0. The SMILES string of the molecule is c1cnc2ccc(-c3ncnc4sccc34)cc2c1. The summed E-state index contributed by atoms with van der Waals surface area (Å²) < 4.78 is 0. The maximum atomic E-state index is 4.43. The second kappa shape index (κ2) is 4.10. The zero-order valence-corrected chi connectivity index (χ0v) is 10.8. The Kier molecular flexibility index (Phi) is 2.28. The van der Waals surface area contributed by atoms with Gasteiger partial charge in [-0.3, -0.25) is 4.98 Å². The summed E-state index contributed by atoms with van der Waals surface area (Å²) in [6.07, 6.45) is 3.44. The van der Waals surface area contributed by atoms with E-state index in [0.717, 1.165) is 32.4 Å². The zero-order valence-electron chi connectivity index (χ0n) is 9.95. The second-order valence-corrected chi connectivity index (χ2v) is 5.17. The minimum Gasteiger partial charge on any atom is -0.256 e. The highest BCUT2D eigenvalue weighted by molar-refractivity contribution is 7.16. The van der Waals surface area contributed by atoms with Crippen LogP contribution in [0.3, 0.4) is 0 Å². The van der Waals surface area contributed by atoms with Gasteiger partial charge in [0, 0.05) is 22.5 Å². The van der Waals surface area contributed by atoms with Crippen molar-refractivity contribution in [3.8, 4) is 11.3 Å². The van der Waals surface area contributed by atoms with Crippen LogP contribution in [0.4, 0.5) is 0 Å². The summed E-state index contributed by atoms with van der Waals surface area (Å²) in [5, 5.41) is 4.28. The maximum absolute atomic E-state index is 4.43. The zero-order chi connectivity index (χ0) is 12.7. The quantitative estimate of drug-likeness (QED) is 0.522. The maximum Gasteiger partial charge on any atom is 0.127 e. The lowest BCUT2D eigenvalue weighted by atomic mass is 10.1. The smallest absolute Gasteiger partial charge is 0.127 e. The molecule has 4 rings (SSSR count). The van der Waals surface area contributed by atoms with E-state index in [2.05, 4.69) is 39.2 Å². The van der Waals surface area contributed by atoms with E-state index in [9.17, 15) is 0 Å². The second-order valence-electron chi connectivity index (χ2n) is 4.27. The molecule has 4 heteroatoms. The van der Waals surface area contributed by atoms with Crippen molar-refractivity contribution in [3.63, 3.8) is 0 Å².